The highest BCUT2D eigenvalue weighted by atomic mass is 19.4. The van der Waals surface area contributed by atoms with E-state index in [1.54, 1.807) is 13.8 Å². The molecule has 1 aliphatic carbocycles. The minimum Gasteiger partial charge on any atom is -0.496 e. The predicted octanol–water partition coefficient (Wildman–Crippen LogP) is 3.54. The normalized spacial score (nSPS) is 24.3. The van der Waals surface area contributed by atoms with Crippen LogP contribution in [-0.2, 0) is 11.0 Å². The van der Waals surface area contributed by atoms with Crippen molar-refractivity contribution in [3.05, 3.63) is 29.3 Å². The van der Waals surface area contributed by atoms with Crippen LogP contribution in [0.3, 0.4) is 0 Å². The lowest BCUT2D eigenvalue weighted by molar-refractivity contribution is -0.139. The van der Waals surface area contributed by atoms with Gasteiger partial charge in [0, 0.05) is 5.92 Å². The molecule has 0 bridgehead atoms. The van der Waals surface area contributed by atoms with Crippen LogP contribution in [0.5, 0.6) is 5.75 Å². The Kier molecular flexibility index (Phi) is 3.23. The van der Waals surface area contributed by atoms with E-state index in [-0.39, 0.29) is 5.75 Å². The van der Waals surface area contributed by atoms with Crippen LogP contribution in [0, 0.1) is 11.3 Å². The summed E-state index contributed by atoms with van der Waals surface area (Å²) in [7, 11) is 1.17. The molecule has 2 rings (SSSR count). The molecule has 0 saturated heterocycles. The van der Waals surface area contributed by atoms with E-state index in [4.69, 9.17) is 9.84 Å². The Morgan fingerprint density at radius 1 is 1.35 bits per heavy atom. The van der Waals surface area contributed by atoms with Gasteiger partial charge in [0.1, 0.15) is 5.75 Å². The van der Waals surface area contributed by atoms with Gasteiger partial charge >= 0.3 is 12.1 Å². The first-order valence-electron chi connectivity index (χ1n) is 6.09. The summed E-state index contributed by atoms with van der Waals surface area (Å²) in [5.74, 6) is -2.45. The number of carboxylic acid groups (broad SMARTS) is 1. The highest BCUT2D eigenvalue weighted by Crippen LogP contribution is 2.66. The molecule has 1 aliphatic rings. The number of carboxylic acids is 1. The minimum absolute atomic E-state index is 0.276. The monoisotopic (exact) mass is 288 g/mol. The van der Waals surface area contributed by atoms with E-state index in [1.807, 2.05) is 0 Å². The van der Waals surface area contributed by atoms with Gasteiger partial charge in [0.05, 0.1) is 18.6 Å². The van der Waals surface area contributed by atoms with E-state index < -0.39 is 35.0 Å². The number of aliphatic carboxylic acids is 1. The minimum atomic E-state index is -4.53. The fraction of sp³-hybridized carbons (Fsp3) is 0.500. The number of hydrogen-bond donors (Lipinski definition) is 1. The number of ether oxygens (including phenoxy) is 1. The zero-order valence-electron chi connectivity index (χ0n) is 11.3. The van der Waals surface area contributed by atoms with E-state index >= 15 is 0 Å². The maximum absolute atomic E-state index is 13.0. The van der Waals surface area contributed by atoms with Crippen molar-refractivity contribution < 1.29 is 27.8 Å². The summed E-state index contributed by atoms with van der Waals surface area (Å²) in [6.07, 6.45) is -4.53. The number of alkyl halides is 3. The first kappa shape index (κ1) is 14.7. The molecular weight excluding hydrogens is 273 g/mol. The van der Waals surface area contributed by atoms with Crippen LogP contribution in [0.2, 0.25) is 0 Å². The molecule has 20 heavy (non-hydrogen) atoms. The number of para-hydroxylation sites is 1. The summed E-state index contributed by atoms with van der Waals surface area (Å²) in [6.45, 7) is 3.46. The van der Waals surface area contributed by atoms with Crippen LogP contribution in [0.25, 0.3) is 0 Å². The van der Waals surface area contributed by atoms with Crippen molar-refractivity contribution in [1.82, 2.24) is 0 Å². The summed E-state index contributed by atoms with van der Waals surface area (Å²) in [4.78, 5) is 11.2. The van der Waals surface area contributed by atoms with Gasteiger partial charge in [-0.3, -0.25) is 4.79 Å². The summed E-state index contributed by atoms with van der Waals surface area (Å²) in [6, 6.07) is 3.73. The van der Waals surface area contributed by atoms with E-state index in [2.05, 4.69) is 0 Å². The van der Waals surface area contributed by atoms with Gasteiger partial charge in [0.15, 0.2) is 0 Å². The molecule has 6 heteroatoms. The Morgan fingerprint density at radius 2 is 1.95 bits per heavy atom. The average Bonchev–Trinajstić information content (AvgIpc) is 2.90. The SMILES string of the molecule is COc1c([C@H]2[C@H](C(=O)O)C2(C)C)cccc1C(F)(F)F. The quantitative estimate of drug-likeness (QED) is 0.925. The second-order valence-electron chi connectivity index (χ2n) is 5.54. The van der Waals surface area contributed by atoms with Crippen LogP contribution >= 0.6 is 0 Å². The summed E-state index contributed by atoms with van der Waals surface area (Å²) in [5, 5.41) is 9.15. The van der Waals surface area contributed by atoms with Crippen LogP contribution in [0.4, 0.5) is 13.2 Å². The van der Waals surface area contributed by atoms with Crippen LogP contribution < -0.4 is 4.74 Å². The number of rotatable bonds is 3. The van der Waals surface area contributed by atoms with Crippen molar-refractivity contribution >= 4 is 5.97 Å². The van der Waals surface area contributed by atoms with Crippen molar-refractivity contribution in [1.29, 1.82) is 0 Å². The molecule has 0 spiro atoms. The molecule has 1 saturated carbocycles. The van der Waals surface area contributed by atoms with Gasteiger partial charge in [-0.1, -0.05) is 26.0 Å². The molecular formula is C14H15F3O3. The molecule has 0 aromatic heterocycles. The van der Waals surface area contributed by atoms with Gasteiger partial charge in [-0.05, 0) is 17.0 Å². The van der Waals surface area contributed by atoms with Gasteiger partial charge < -0.3 is 9.84 Å². The molecule has 0 aliphatic heterocycles. The summed E-state index contributed by atoms with van der Waals surface area (Å²) < 4.78 is 43.8. The molecule has 0 heterocycles. The average molecular weight is 288 g/mol. The Labute approximate surface area is 114 Å². The smallest absolute Gasteiger partial charge is 0.419 e. The van der Waals surface area contributed by atoms with Crippen molar-refractivity contribution in [3.63, 3.8) is 0 Å². The van der Waals surface area contributed by atoms with Crippen molar-refractivity contribution in [2.75, 3.05) is 7.11 Å². The highest BCUT2D eigenvalue weighted by molar-refractivity contribution is 5.78. The Hall–Kier alpha value is -1.72. The first-order valence-corrected chi connectivity index (χ1v) is 6.09. The highest BCUT2D eigenvalue weighted by Gasteiger charge is 2.63. The fourth-order valence-electron chi connectivity index (χ4n) is 2.93. The standard InChI is InChI=1S/C14H15F3O3/c1-13(2)9(10(13)12(18)19)7-5-4-6-8(11(7)20-3)14(15,16)17/h4-6,9-10H,1-3H3,(H,18,19)/t9-,10+/m0/s1. The molecule has 0 amide bonds. The second-order valence-corrected chi connectivity index (χ2v) is 5.54. The number of methoxy groups -OCH3 is 1. The number of hydrogen-bond acceptors (Lipinski definition) is 2. The molecule has 1 aromatic rings. The van der Waals surface area contributed by atoms with Gasteiger partial charge in [0.2, 0.25) is 0 Å². The molecule has 1 aromatic carbocycles. The summed E-state index contributed by atoms with van der Waals surface area (Å²) >= 11 is 0. The van der Waals surface area contributed by atoms with E-state index in [0.29, 0.717) is 5.56 Å². The lowest BCUT2D eigenvalue weighted by atomic mass is 9.99. The van der Waals surface area contributed by atoms with E-state index in [9.17, 15) is 18.0 Å². The maximum Gasteiger partial charge on any atom is 0.419 e. The third-order valence-corrected chi connectivity index (χ3v) is 3.98. The number of benzene rings is 1. The van der Waals surface area contributed by atoms with Crippen LogP contribution in [-0.4, -0.2) is 18.2 Å². The molecule has 1 N–H and O–H groups in total. The first-order chi connectivity index (χ1) is 9.12. The second kappa shape index (κ2) is 4.40. The molecule has 0 unspecified atom stereocenters. The lowest BCUT2D eigenvalue weighted by Gasteiger charge is -2.16. The molecule has 3 nitrogen and oxygen atoms in total. The third-order valence-electron chi connectivity index (χ3n) is 3.98. The maximum atomic E-state index is 13.0. The van der Waals surface area contributed by atoms with Gasteiger partial charge in [0.25, 0.3) is 0 Å². The Morgan fingerprint density at radius 3 is 2.35 bits per heavy atom. The predicted molar refractivity (Wildman–Crippen MR) is 65.6 cm³/mol. The lowest BCUT2D eigenvalue weighted by Crippen LogP contribution is -2.09. The third kappa shape index (κ3) is 2.13. The van der Waals surface area contributed by atoms with Crippen LogP contribution in [0.1, 0.15) is 30.9 Å². The Balaban J connectivity index is 2.52. The van der Waals surface area contributed by atoms with E-state index in [0.717, 1.165) is 6.07 Å². The van der Waals surface area contributed by atoms with Crippen molar-refractivity contribution in [2.24, 2.45) is 11.3 Å². The van der Waals surface area contributed by atoms with Gasteiger partial charge in [-0.2, -0.15) is 13.2 Å². The van der Waals surface area contributed by atoms with Crippen LogP contribution in [0.15, 0.2) is 18.2 Å². The van der Waals surface area contributed by atoms with Crippen molar-refractivity contribution in [3.8, 4) is 5.75 Å². The molecule has 110 valence electrons. The Bertz CT molecular complexity index is 549. The van der Waals surface area contributed by atoms with Gasteiger partial charge in [-0.25, -0.2) is 0 Å². The topological polar surface area (TPSA) is 46.5 Å². The van der Waals surface area contributed by atoms with Gasteiger partial charge in [-0.15, -0.1) is 0 Å². The zero-order chi connectivity index (χ0) is 15.3. The number of halogens is 3. The molecule has 0 radical (unpaired) electrons. The van der Waals surface area contributed by atoms with Crippen molar-refractivity contribution in [2.45, 2.75) is 25.9 Å². The molecule has 2 atom stereocenters. The number of carbonyl (C=O) groups is 1. The zero-order valence-corrected chi connectivity index (χ0v) is 11.3. The largest absolute Gasteiger partial charge is 0.496 e. The molecule has 1 fully saturated rings. The van der Waals surface area contributed by atoms with E-state index in [1.165, 1.54) is 19.2 Å². The fourth-order valence-corrected chi connectivity index (χ4v) is 2.93. The summed E-state index contributed by atoms with van der Waals surface area (Å²) in [5.41, 5.74) is -1.15.